The quantitative estimate of drug-likeness (QED) is 0.807. The van der Waals surface area contributed by atoms with Crippen molar-refractivity contribution in [3.8, 4) is 0 Å². The third kappa shape index (κ3) is 3.14. The Morgan fingerprint density at radius 2 is 1.86 bits per heavy atom. The molecule has 2 aromatic rings. The Morgan fingerprint density at radius 1 is 1.23 bits per heavy atom. The molecular formula is C15H19N2O4P. The molecule has 1 aromatic heterocycles. The van der Waals surface area contributed by atoms with Crippen LogP contribution in [0, 0.1) is 0 Å². The summed E-state index contributed by atoms with van der Waals surface area (Å²) in [7, 11) is 2.71. The van der Waals surface area contributed by atoms with E-state index in [2.05, 4.69) is 0 Å². The highest BCUT2D eigenvalue weighted by molar-refractivity contribution is 7.57. The molecular weight excluding hydrogens is 303 g/mol. The lowest BCUT2D eigenvalue weighted by Gasteiger charge is -2.14. The van der Waals surface area contributed by atoms with Gasteiger partial charge in [-0.2, -0.15) is 0 Å². The van der Waals surface area contributed by atoms with E-state index < -0.39 is 7.60 Å². The predicted molar refractivity (Wildman–Crippen MR) is 87.1 cm³/mol. The fourth-order valence-electron chi connectivity index (χ4n) is 2.08. The number of carbonyl (C=O) groups is 1. The highest BCUT2D eigenvalue weighted by atomic mass is 31.2. The van der Waals surface area contributed by atoms with Gasteiger partial charge < -0.3 is 13.9 Å². The normalized spacial score (nSPS) is 12.2. The molecule has 0 aliphatic rings. The maximum absolute atomic E-state index is 12.4. The molecule has 0 aliphatic heterocycles. The Morgan fingerprint density at radius 3 is 2.45 bits per heavy atom. The van der Waals surface area contributed by atoms with Crippen LogP contribution < -0.4 is 0 Å². The molecule has 0 atom stereocenters. The molecule has 0 saturated heterocycles. The Bertz CT molecular complexity index is 756. The molecule has 6 nitrogen and oxygen atoms in total. The number of fused-ring (bicyclic) bond motifs is 1. The second kappa shape index (κ2) is 6.48. The Kier molecular flexibility index (Phi) is 4.86. The summed E-state index contributed by atoms with van der Waals surface area (Å²) in [5.41, 5.74) is 1.39. The zero-order valence-corrected chi connectivity index (χ0v) is 13.9. The molecule has 0 fully saturated rings. The lowest BCUT2D eigenvalue weighted by molar-refractivity contribution is 0.220. The predicted octanol–water partition coefficient (Wildman–Crippen LogP) is 3.63. The second-order valence-electron chi connectivity index (χ2n) is 4.86. The van der Waals surface area contributed by atoms with Crippen molar-refractivity contribution >= 4 is 30.6 Å². The molecule has 22 heavy (non-hydrogen) atoms. The Labute approximate surface area is 129 Å². The van der Waals surface area contributed by atoms with Crippen LogP contribution in [-0.2, 0) is 13.6 Å². The molecule has 0 spiro atoms. The van der Waals surface area contributed by atoms with Gasteiger partial charge in [-0.15, -0.1) is 0 Å². The average molecular weight is 322 g/mol. The van der Waals surface area contributed by atoms with Crippen LogP contribution in [0.15, 0.2) is 36.1 Å². The number of carbonyl (C=O) groups excluding carboxylic acids is 1. The van der Waals surface area contributed by atoms with Gasteiger partial charge in [0.15, 0.2) is 0 Å². The fourth-order valence-corrected chi connectivity index (χ4v) is 2.80. The lowest BCUT2D eigenvalue weighted by atomic mass is 10.2. The van der Waals surface area contributed by atoms with Crippen molar-refractivity contribution < 1.29 is 18.4 Å². The first-order chi connectivity index (χ1) is 10.4. The van der Waals surface area contributed by atoms with E-state index in [-0.39, 0.29) is 6.03 Å². The number of benzene rings is 1. The van der Waals surface area contributed by atoms with Gasteiger partial charge in [0, 0.05) is 39.5 Å². The first-order valence-corrected chi connectivity index (χ1v) is 8.25. The van der Waals surface area contributed by atoms with E-state index in [0.29, 0.717) is 5.69 Å². The average Bonchev–Trinajstić information content (AvgIpc) is 2.90. The van der Waals surface area contributed by atoms with E-state index in [1.807, 2.05) is 30.3 Å². The smallest absolute Gasteiger partial charge is 0.330 e. The molecule has 1 heterocycles. The van der Waals surface area contributed by atoms with E-state index in [1.165, 1.54) is 24.9 Å². The summed E-state index contributed by atoms with van der Waals surface area (Å²) in [5, 5.41) is 0.919. The number of para-hydroxylation sites is 1. The van der Waals surface area contributed by atoms with Gasteiger partial charge in [0.05, 0.1) is 11.2 Å². The van der Waals surface area contributed by atoms with Crippen LogP contribution in [0.1, 0.15) is 5.69 Å². The van der Waals surface area contributed by atoms with E-state index in [0.717, 1.165) is 10.9 Å². The number of hydrogen-bond donors (Lipinski definition) is 0. The number of rotatable bonds is 4. The molecule has 0 N–H and O–H groups in total. The van der Waals surface area contributed by atoms with Gasteiger partial charge >= 0.3 is 13.6 Å². The monoisotopic (exact) mass is 322 g/mol. The van der Waals surface area contributed by atoms with E-state index >= 15 is 0 Å². The minimum Gasteiger partial charge on any atom is -0.330 e. The van der Waals surface area contributed by atoms with Gasteiger partial charge in [0.25, 0.3) is 0 Å². The zero-order valence-electron chi connectivity index (χ0n) is 13.0. The summed E-state index contributed by atoms with van der Waals surface area (Å²) in [6, 6.07) is 9.20. The van der Waals surface area contributed by atoms with Crippen LogP contribution in [0.4, 0.5) is 4.79 Å². The van der Waals surface area contributed by atoms with Gasteiger partial charge in [-0.05, 0) is 18.2 Å². The van der Waals surface area contributed by atoms with Crippen LogP contribution in [0.2, 0.25) is 0 Å². The Hall–Kier alpha value is -1.88. The molecule has 2 rings (SSSR count). The molecule has 1 aromatic carbocycles. The van der Waals surface area contributed by atoms with Crippen LogP contribution in [0.25, 0.3) is 17.0 Å². The standard InChI is InChI=1S/C15H19N2O4P/c1-16(2)15(18)17-13(9-10-22(19,20-3)21-4)11-12-7-5-6-8-14(12)17/h5-11H,1-4H3/b10-9+. The number of hydrogen-bond acceptors (Lipinski definition) is 4. The third-order valence-corrected chi connectivity index (χ3v) is 4.78. The topological polar surface area (TPSA) is 60.8 Å². The van der Waals surface area contributed by atoms with Crippen molar-refractivity contribution in [1.29, 1.82) is 0 Å². The summed E-state index contributed by atoms with van der Waals surface area (Å²) in [5.74, 6) is 1.35. The maximum atomic E-state index is 12.4. The molecule has 118 valence electrons. The van der Waals surface area contributed by atoms with Crippen molar-refractivity contribution in [2.24, 2.45) is 0 Å². The Balaban J connectivity index is 2.58. The van der Waals surface area contributed by atoms with Crippen molar-refractivity contribution in [1.82, 2.24) is 9.47 Å². The number of nitrogens with zero attached hydrogens (tertiary/aromatic N) is 2. The highest BCUT2D eigenvalue weighted by Gasteiger charge is 2.18. The van der Waals surface area contributed by atoms with E-state index in [4.69, 9.17) is 9.05 Å². The minimum absolute atomic E-state index is 0.189. The summed E-state index contributed by atoms with van der Waals surface area (Å²) >= 11 is 0. The van der Waals surface area contributed by atoms with Crippen LogP contribution in [0.5, 0.6) is 0 Å². The lowest BCUT2D eigenvalue weighted by Crippen LogP contribution is -2.27. The summed E-state index contributed by atoms with van der Waals surface area (Å²) in [6.45, 7) is 0. The van der Waals surface area contributed by atoms with Crippen LogP contribution >= 0.6 is 7.60 Å². The largest absolute Gasteiger partial charge is 0.353 e. The molecule has 0 radical (unpaired) electrons. The SMILES string of the molecule is COP(=O)(/C=C/c1cc2ccccc2n1C(=O)N(C)C)OC. The molecule has 7 heteroatoms. The first kappa shape index (κ1) is 16.5. The third-order valence-electron chi connectivity index (χ3n) is 3.25. The first-order valence-electron chi connectivity index (χ1n) is 6.64. The van der Waals surface area contributed by atoms with Gasteiger partial charge in [-0.3, -0.25) is 9.13 Å². The molecule has 0 aliphatic carbocycles. The molecule has 1 amide bonds. The van der Waals surface area contributed by atoms with Gasteiger partial charge in [0.1, 0.15) is 0 Å². The second-order valence-corrected chi connectivity index (χ2v) is 6.97. The summed E-state index contributed by atoms with van der Waals surface area (Å²) in [6.07, 6.45) is 1.58. The fraction of sp³-hybridized carbons (Fsp3) is 0.267. The molecule has 0 unspecified atom stereocenters. The van der Waals surface area contributed by atoms with Crippen molar-refractivity contribution in [2.75, 3.05) is 28.3 Å². The van der Waals surface area contributed by atoms with Crippen molar-refractivity contribution in [3.63, 3.8) is 0 Å². The molecule has 0 saturated carbocycles. The highest BCUT2D eigenvalue weighted by Crippen LogP contribution is 2.48. The van der Waals surface area contributed by atoms with Gasteiger partial charge in [-0.1, -0.05) is 18.2 Å². The van der Waals surface area contributed by atoms with Gasteiger partial charge in [-0.25, -0.2) is 4.79 Å². The van der Waals surface area contributed by atoms with Crippen molar-refractivity contribution in [2.45, 2.75) is 0 Å². The summed E-state index contributed by atoms with van der Waals surface area (Å²) in [4.78, 5) is 13.9. The minimum atomic E-state index is -3.28. The van der Waals surface area contributed by atoms with Crippen molar-refractivity contribution in [3.05, 3.63) is 41.8 Å². The van der Waals surface area contributed by atoms with Crippen LogP contribution in [0.3, 0.4) is 0 Å². The number of aromatic nitrogens is 1. The summed E-state index contributed by atoms with van der Waals surface area (Å²) < 4.78 is 23.4. The number of amides is 1. The molecule has 0 bridgehead atoms. The van der Waals surface area contributed by atoms with Crippen LogP contribution in [-0.4, -0.2) is 43.8 Å². The van der Waals surface area contributed by atoms with E-state index in [9.17, 15) is 9.36 Å². The zero-order chi connectivity index (χ0) is 16.3. The maximum Gasteiger partial charge on any atom is 0.353 e. The van der Waals surface area contributed by atoms with Gasteiger partial charge in [0.2, 0.25) is 0 Å². The van der Waals surface area contributed by atoms with E-state index in [1.54, 1.807) is 24.7 Å².